The molecule has 0 amide bonds. The highest BCUT2D eigenvalue weighted by atomic mass is 35.5. The minimum absolute atomic E-state index is 0.131. The molecular formula is C21H15Cl3N2OS. The second-order valence-corrected chi connectivity index (χ2v) is 8.70. The van der Waals surface area contributed by atoms with Gasteiger partial charge in [-0.1, -0.05) is 58.6 Å². The standard InChI is InChI=1S/C21H15Cl3N2OS/c1-11-3-4-13(12(2)7-11)15-9-28-20-18(15)21(27)26(10-25-20)8-14-16(22)5-6-17(23)19(14)24/h3-7,9-10H,8H2,1-2H3. The molecule has 0 saturated heterocycles. The van der Waals surface area contributed by atoms with E-state index in [0.29, 0.717) is 30.8 Å². The summed E-state index contributed by atoms with van der Waals surface area (Å²) >= 11 is 20.2. The van der Waals surface area contributed by atoms with Crippen LogP contribution in [0.4, 0.5) is 0 Å². The predicted octanol–water partition coefficient (Wildman–Crippen LogP) is 6.75. The van der Waals surface area contributed by atoms with Crippen LogP contribution in [0.25, 0.3) is 21.3 Å². The van der Waals surface area contributed by atoms with Gasteiger partial charge in [0.05, 0.1) is 28.3 Å². The molecular weight excluding hydrogens is 435 g/mol. The van der Waals surface area contributed by atoms with E-state index in [1.54, 1.807) is 12.1 Å². The van der Waals surface area contributed by atoms with Crippen LogP contribution in [0.1, 0.15) is 16.7 Å². The first-order valence-electron chi connectivity index (χ1n) is 8.53. The van der Waals surface area contributed by atoms with E-state index in [1.807, 2.05) is 24.4 Å². The van der Waals surface area contributed by atoms with Gasteiger partial charge in [0.1, 0.15) is 4.83 Å². The summed E-state index contributed by atoms with van der Waals surface area (Å²) in [5.74, 6) is 0. The van der Waals surface area contributed by atoms with E-state index in [4.69, 9.17) is 34.8 Å². The van der Waals surface area contributed by atoms with Crippen molar-refractivity contribution in [3.8, 4) is 11.1 Å². The van der Waals surface area contributed by atoms with Crippen LogP contribution in [0.3, 0.4) is 0 Å². The molecule has 2 heterocycles. The minimum atomic E-state index is -0.131. The fraction of sp³-hybridized carbons (Fsp3) is 0.143. The highest BCUT2D eigenvalue weighted by molar-refractivity contribution is 7.17. The van der Waals surface area contributed by atoms with Crippen LogP contribution in [-0.2, 0) is 6.54 Å². The van der Waals surface area contributed by atoms with E-state index in [1.165, 1.54) is 27.8 Å². The summed E-state index contributed by atoms with van der Waals surface area (Å²) in [6.07, 6.45) is 1.53. The average molecular weight is 450 g/mol. The molecule has 0 atom stereocenters. The summed E-state index contributed by atoms with van der Waals surface area (Å²) in [4.78, 5) is 18.5. The summed E-state index contributed by atoms with van der Waals surface area (Å²) in [7, 11) is 0. The molecule has 4 rings (SSSR count). The van der Waals surface area contributed by atoms with Crippen molar-refractivity contribution >= 4 is 56.4 Å². The maximum absolute atomic E-state index is 13.3. The number of rotatable bonds is 3. The zero-order valence-corrected chi connectivity index (χ0v) is 18.2. The van der Waals surface area contributed by atoms with Crippen LogP contribution in [0.5, 0.6) is 0 Å². The first-order chi connectivity index (χ1) is 13.4. The van der Waals surface area contributed by atoms with Gasteiger partial charge in [-0.25, -0.2) is 4.98 Å². The normalized spacial score (nSPS) is 11.3. The lowest BCUT2D eigenvalue weighted by atomic mass is 9.99. The van der Waals surface area contributed by atoms with Crippen molar-refractivity contribution in [1.82, 2.24) is 9.55 Å². The topological polar surface area (TPSA) is 34.9 Å². The van der Waals surface area contributed by atoms with Crippen LogP contribution in [-0.4, -0.2) is 9.55 Å². The zero-order chi connectivity index (χ0) is 20.0. The molecule has 0 radical (unpaired) electrons. The second kappa shape index (κ2) is 7.53. The summed E-state index contributed by atoms with van der Waals surface area (Å²) in [5.41, 5.74) is 4.70. The van der Waals surface area contributed by atoms with Gasteiger partial charge < -0.3 is 0 Å². The predicted molar refractivity (Wildman–Crippen MR) is 119 cm³/mol. The van der Waals surface area contributed by atoms with Gasteiger partial charge in [0.2, 0.25) is 0 Å². The third-order valence-electron chi connectivity index (χ3n) is 4.70. The maximum Gasteiger partial charge on any atom is 0.263 e. The molecule has 0 spiro atoms. The van der Waals surface area contributed by atoms with E-state index in [2.05, 4.69) is 18.0 Å². The van der Waals surface area contributed by atoms with Crippen molar-refractivity contribution in [2.24, 2.45) is 0 Å². The van der Waals surface area contributed by atoms with Crippen molar-refractivity contribution < 1.29 is 0 Å². The SMILES string of the molecule is Cc1ccc(-c2csc3ncn(Cc4c(Cl)ccc(Cl)c4Cl)c(=O)c23)c(C)c1. The van der Waals surface area contributed by atoms with E-state index < -0.39 is 0 Å². The summed E-state index contributed by atoms with van der Waals surface area (Å²) < 4.78 is 1.52. The van der Waals surface area contributed by atoms with Gasteiger partial charge in [0.15, 0.2) is 0 Å². The van der Waals surface area contributed by atoms with Crippen LogP contribution < -0.4 is 5.56 Å². The lowest BCUT2D eigenvalue weighted by Crippen LogP contribution is -2.21. The summed E-state index contributed by atoms with van der Waals surface area (Å²) in [5, 5.41) is 3.80. The smallest absolute Gasteiger partial charge is 0.263 e. The number of hydrogen-bond donors (Lipinski definition) is 0. The Morgan fingerprint density at radius 2 is 1.79 bits per heavy atom. The van der Waals surface area contributed by atoms with Gasteiger partial charge in [-0.05, 0) is 37.1 Å². The number of benzene rings is 2. The van der Waals surface area contributed by atoms with Crippen molar-refractivity contribution in [2.75, 3.05) is 0 Å². The lowest BCUT2D eigenvalue weighted by Gasteiger charge is -2.11. The zero-order valence-electron chi connectivity index (χ0n) is 15.1. The monoisotopic (exact) mass is 448 g/mol. The highest BCUT2D eigenvalue weighted by Gasteiger charge is 2.17. The minimum Gasteiger partial charge on any atom is -0.294 e. The Bertz CT molecular complexity index is 1280. The fourth-order valence-corrected chi connectivity index (χ4v) is 4.84. The van der Waals surface area contributed by atoms with Crippen LogP contribution in [0, 0.1) is 13.8 Å². The molecule has 0 unspecified atom stereocenters. The molecule has 0 aliphatic carbocycles. The molecule has 2 aromatic carbocycles. The van der Waals surface area contributed by atoms with Gasteiger partial charge in [-0.15, -0.1) is 11.3 Å². The molecule has 0 fully saturated rings. The van der Waals surface area contributed by atoms with Crippen LogP contribution >= 0.6 is 46.1 Å². The first-order valence-corrected chi connectivity index (χ1v) is 10.5. The molecule has 0 saturated carbocycles. The number of fused-ring (bicyclic) bond motifs is 1. The third-order valence-corrected chi connectivity index (χ3v) is 6.78. The highest BCUT2D eigenvalue weighted by Crippen LogP contribution is 2.34. The molecule has 0 bridgehead atoms. The Morgan fingerprint density at radius 3 is 2.54 bits per heavy atom. The largest absolute Gasteiger partial charge is 0.294 e. The molecule has 0 N–H and O–H groups in total. The van der Waals surface area contributed by atoms with E-state index in [-0.39, 0.29) is 12.1 Å². The Hall–Kier alpha value is -1.85. The molecule has 3 nitrogen and oxygen atoms in total. The van der Waals surface area contributed by atoms with Gasteiger partial charge in [0.25, 0.3) is 5.56 Å². The number of nitrogens with zero attached hydrogens (tertiary/aromatic N) is 2. The molecule has 0 aliphatic heterocycles. The van der Waals surface area contributed by atoms with Crippen molar-refractivity contribution in [1.29, 1.82) is 0 Å². The Kier molecular flexibility index (Phi) is 5.23. The number of hydrogen-bond acceptors (Lipinski definition) is 3. The van der Waals surface area contributed by atoms with Crippen molar-refractivity contribution in [3.05, 3.63) is 84.2 Å². The fourth-order valence-electron chi connectivity index (χ4n) is 3.28. The Morgan fingerprint density at radius 1 is 1.04 bits per heavy atom. The van der Waals surface area contributed by atoms with Gasteiger partial charge in [0, 0.05) is 21.5 Å². The molecule has 7 heteroatoms. The Balaban J connectivity index is 1.88. The van der Waals surface area contributed by atoms with Gasteiger partial charge in [-0.2, -0.15) is 0 Å². The molecule has 28 heavy (non-hydrogen) atoms. The summed E-state index contributed by atoms with van der Waals surface area (Å²) in [6, 6.07) is 9.52. The van der Waals surface area contributed by atoms with E-state index >= 15 is 0 Å². The molecule has 142 valence electrons. The molecule has 4 aromatic rings. The number of thiophene rings is 1. The van der Waals surface area contributed by atoms with Crippen LogP contribution in [0.2, 0.25) is 15.1 Å². The quantitative estimate of drug-likeness (QED) is 0.324. The van der Waals surface area contributed by atoms with E-state index in [0.717, 1.165) is 16.7 Å². The van der Waals surface area contributed by atoms with Gasteiger partial charge >= 0.3 is 0 Å². The van der Waals surface area contributed by atoms with Crippen LogP contribution in [0.15, 0.2) is 46.8 Å². The number of aryl methyl sites for hydroxylation is 2. The molecule has 0 aliphatic rings. The average Bonchev–Trinajstić information content (AvgIpc) is 3.08. The third kappa shape index (κ3) is 3.35. The second-order valence-electron chi connectivity index (χ2n) is 6.65. The lowest BCUT2D eigenvalue weighted by molar-refractivity contribution is 0.750. The number of halogens is 3. The Labute approximate surface area is 181 Å². The first kappa shape index (κ1) is 19.5. The maximum atomic E-state index is 13.3. The van der Waals surface area contributed by atoms with Crippen molar-refractivity contribution in [3.63, 3.8) is 0 Å². The number of aromatic nitrogens is 2. The van der Waals surface area contributed by atoms with Crippen molar-refractivity contribution in [2.45, 2.75) is 20.4 Å². The molecule has 2 aromatic heterocycles. The van der Waals surface area contributed by atoms with E-state index in [9.17, 15) is 4.79 Å². The summed E-state index contributed by atoms with van der Waals surface area (Å²) in [6.45, 7) is 4.30. The van der Waals surface area contributed by atoms with Gasteiger partial charge in [-0.3, -0.25) is 9.36 Å².